The molecule has 7 nitrogen and oxygen atoms in total. The Hall–Kier alpha value is -2.35. The van der Waals surface area contributed by atoms with Crippen molar-refractivity contribution in [2.75, 3.05) is 11.1 Å². The second-order valence-electron chi connectivity index (χ2n) is 5.74. The van der Waals surface area contributed by atoms with E-state index in [9.17, 15) is 14.7 Å². The van der Waals surface area contributed by atoms with Crippen LogP contribution in [-0.2, 0) is 4.79 Å². The highest BCUT2D eigenvalue weighted by atomic mass is 32.2. The fraction of sp³-hybridized carbons (Fsp3) is 0.375. The first-order chi connectivity index (χ1) is 11.3. The van der Waals surface area contributed by atoms with Crippen molar-refractivity contribution >= 4 is 29.3 Å². The fourth-order valence-electron chi connectivity index (χ4n) is 2.22. The maximum Gasteiger partial charge on any atom is 0.336 e. The minimum absolute atomic E-state index is 0.168. The Kier molecular flexibility index (Phi) is 5.61. The number of amides is 1. The number of carbonyl (C=O) groups is 2. The molecule has 0 unspecified atom stereocenters. The summed E-state index contributed by atoms with van der Waals surface area (Å²) in [5.41, 5.74) is 2.18. The predicted octanol–water partition coefficient (Wildman–Crippen LogP) is 2.90. The van der Waals surface area contributed by atoms with Crippen molar-refractivity contribution in [1.82, 2.24) is 14.8 Å². The van der Waals surface area contributed by atoms with Crippen LogP contribution in [0.4, 0.5) is 5.69 Å². The van der Waals surface area contributed by atoms with Gasteiger partial charge in [-0.15, -0.1) is 10.2 Å². The van der Waals surface area contributed by atoms with Gasteiger partial charge in [0.1, 0.15) is 6.33 Å². The molecule has 2 rings (SSSR count). The van der Waals surface area contributed by atoms with Gasteiger partial charge in [-0.3, -0.25) is 4.79 Å². The van der Waals surface area contributed by atoms with E-state index in [0.717, 1.165) is 5.56 Å². The molecule has 1 aromatic carbocycles. The minimum atomic E-state index is -1.01. The number of anilines is 1. The van der Waals surface area contributed by atoms with Crippen LogP contribution in [0.25, 0.3) is 0 Å². The number of nitrogens with zero attached hydrogens (tertiary/aromatic N) is 3. The lowest BCUT2D eigenvalue weighted by Crippen LogP contribution is -2.16. The number of hydrogen-bond acceptors (Lipinski definition) is 5. The number of aryl methyl sites for hydroxylation is 2. The van der Waals surface area contributed by atoms with Gasteiger partial charge in [0.05, 0.1) is 11.3 Å². The Balaban J connectivity index is 2.06. The topological polar surface area (TPSA) is 97.1 Å². The molecule has 0 atom stereocenters. The van der Waals surface area contributed by atoms with Gasteiger partial charge in [0.15, 0.2) is 5.16 Å². The fourth-order valence-corrected chi connectivity index (χ4v) is 3.07. The average Bonchev–Trinajstić information content (AvgIpc) is 2.96. The van der Waals surface area contributed by atoms with E-state index in [4.69, 9.17) is 0 Å². The van der Waals surface area contributed by atoms with Crippen LogP contribution in [-0.4, -0.2) is 37.5 Å². The Labute approximate surface area is 144 Å². The van der Waals surface area contributed by atoms with Gasteiger partial charge < -0.3 is 15.0 Å². The normalized spacial score (nSPS) is 10.9. The molecule has 0 bridgehead atoms. The van der Waals surface area contributed by atoms with Crippen molar-refractivity contribution in [2.24, 2.45) is 0 Å². The lowest BCUT2D eigenvalue weighted by Gasteiger charge is -2.12. The number of rotatable bonds is 6. The molecule has 0 radical (unpaired) electrons. The second kappa shape index (κ2) is 7.48. The van der Waals surface area contributed by atoms with Crippen LogP contribution in [0, 0.1) is 13.8 Å². The van der Waals surface area contributed by atoms with E-state index in [2.05, 4.69) is 15.5 Å². The van der Waals surface area contributed by atoms with E-state index in [-0.39, 0.29) is 23.3 Å². The zero-order valence-corrected chi connectivity index (χ0v) is 14.8. The second-order valence-corrected chi connectivity index (χ2v) is 6.68. The lowest BCUT2D eigenvalue weighted by molar-refractivity contribution is -0.113. The van der Waals surface area contributed by atoms with Crippen LogP contribution in [0.3, 0.4) is 0 Å². The number of nitrogens with one attached hydrogen (secondary N) is 1. The first kappa shape index (κ1) is 18.0. The number of carbonyl (C=O) groups excluding carboxylic acids is 1. The molecule has 1 aromatic heterocycles. The summed E-state index contributed by atoms with van der Waals surface area (Å²) in [5, 5.41) is 20.5. The van der Waals surface area contributed by atoms with Crippen molar-refractivity contribution in [3.63, 3.8) is 0 Å². The molecule has 0 aliphatic rings. The summed E-state index contributed by atoms with van der Waals surface area (Å²) < 4.78 is 1.89. The van der Waals surface area contributed by atoms with Crippen molar-refractivity contribution < 1.29 is 14.7 Å². The highest BCUT2D eigenvalue weighted by Crippen LogP contribution is 2.22. The number of thioether (sulfide) groups is 1. The van der Waals surface area contributed by atoms with Gasteiger partial charge in [-0.05, 0) is 44.9 Å². The van der Waals surface area contributed by atoms with Gasteiger partial charge in [0.25, 0.3) is 0 Å². The summed E-state index contributed by atoms with van der Waals surface area (Å²) in [7, 11) is 0. The summed E-state index contributed by atoms with van der Waals surface area (Å²) in [6, 6.07) is 3.45. The van der Waals surface area contributed by atoms with Crippen LogP contribution in [0.1, 0.15) is 41.4 Å². The van der Waals surface area contributed by atoms with Crippen LogP contribution < -0.4 is 5.32 Å². The monoisotopic (exact) mass is 348 g/mol. The summed E-state index contributed by atoms with van der Waals surface area (Å²) >= 11 is 1.29. The molecule has 0 spiro atoms. The van der Waals surface area contributed by atoms with Crippen molar-refractivity contribution in [3.8, 4) is 0 Å². The van der Waals surface area contributed by atoms with E-state index < -0.39 is 5.97 Å². The largest absolute Gasteiger partial charge is 0.478 e. The molecule has 2 aromatic rings. The van der Waals surface area contributed by atoms with E-state index in [1.165, 1.54) is 17.8 Å². The molecule has 1 heterocycles. The molecule has 0 fully saturated rings. The first-order valence-electron chi connectivity index (χ1n) is 7.46. The molecule has 0 aliphatic carbocycles. The van der Waals surface area contributed by atoms with Gasteiger partial charge in [-0.1, -0.05) is 17.8 Å². The number of aromatic nitrogens is 3. The lowest BCUT2D eigenvalue weighted by atomic mass is 10.0. The van der Waals surface area contributed by atoms with Gasteiger partial charge in [0.2, 0.25) is 5.91 Å². The number of carboxylic acids is 1. The van der Waals surface area contributed by atoms with E-state index in [1.54, 1.807) is 19.3 Å². The smallest absolute Gasteiger partial charge is 0.336 e. The molecule has 24 heavy (non-hydrogen) atoms. The molecule has 0 aliphatic heterocycles. The summed E-state index contributed by atoms with van der Waals surface area (Å²) in [6.45, 7) is 7.58. The minimum Gasteiger partial charge on any atom is -0.478 e. The molecule has 0 saturated heterocycles. The van der Waals surface area contributed by atoms with Crippen molar-refractivity contribution in [1.29, 1.82) is 0 Å². The van der Waals surface area contributed by atoms with Gasteiger partial charge >= 0.3 is 5.97 Å². The zero-order valence-electron chi connectivity index (χ0n) is 14.0. The van der Waals surface area contributed by atoms with Crippen LogP contribution >= 0.6 is 11.8 Å². The van der Waals surface area contributed by atoms with Gasteiger partial charge in [-0.25, -0.2) is 4.79 Å². The van der Waals surface area contributed by atoms with Gasteiger partial charge in [0, 0.05) is 11.7 Å². The van der Waals surface area contributed by atoms with E-state index in [1.807, 2.05) is 25.3 Å². The maximum absolute atomic E-state index is 12.2. The molecule has 1 amide bonds. The van der Waals surface area contributed by atoms with E-state index >= 15 is 0 Å². The average molecular weight is 348 g/mol. The van der Waals surface area contributed by atoms with E-state index in [0.29, 0.717) is 16.4 Å². The van der Waals surface area contributed by atoms with Crippen LogP contribution in [0.2, 0.25) is 0 Å². The maximum atomic E-state index is 12.2. The predicted molar refractivity (Wildman–Crippen MR) is 92.6 cm³/mol. The number of benzene rings is 1. The third-order valence-corrected chi connectivity index (χ3v) is 4.46. The molecular weight excluding hydrogens is 328 g/mol. The molecule has 0 saturated carbocycles. The van der Waals surface area contributed by atoms with Crippen molar-refractivity contribution in [3.05, 3.63) is 35.2 Å². The third kappa shape index (κ3) is 4.14. The molecular formula is C16H20N4O3S. The molecule has 128 valence electrons. The standard InChI is InChI=1S/C16H20N4O3S/c1-9(2)20-8-17-19-16(20)24-7-14(21)18-13-6-12(15(22)23)10(3)5-11(13)4/h5-6,8-9H,7H2,1-4H3,(H,18,21)(H,22,23). The molecule has 2 N–H and O–H groups in total. The zero-order chi connectivity index (χ0) is 17.9. The highest BCUT2D eigenvalue weighted by Gasteiger charge is 2.14. The van der Waals surface area contributed by atoms with Crippen LogP contribution in [0.15, 0.2) is 23.6 Å². The molecule has 8 heteroatoms. The SMILES string of the molecule is Cc1cc(C)c(C(=O)O)cc1NC(=O)CSc1nncn1C(C)C. The summed E-state index contributed by atoms with van der Waals surface area (Å²) in [6.07, 6.45) is 1.63. The first-order valence-corrected chi connectivity index (χ1v) is 8.45. The van der Waals surface area contributed by atoms with Crippen LogP contribution in [0.5, 0.6) is 0 Å². The Morgan fingerprint density at radius 1 is 1.29 bits per heavy atom. The third-order valence-electron chi connectivity index (χ3n) is 3.50. The number of hydrogen-bond donors (Lipinski definition) is 2. The number of carboxylic acid groups (broad SMARTS) is 1. The Bertz CT molecular complexity index is 771. The van der Waals surface area contributed by atoms with Gasteiger partial charge in [-0.2, -0.15) is 0 Å². The summed E-state index contributed by atoms with van der Waals surface area (Å²) in [5.74, 6) is -1.06. The summed E-state index contributed by atoms with van der Waals surface area (Å²) in [4.78, 5) is 23.4. The quantitative estimate of drug-likeness (QED) is 0.779. The van der Waals surface area contributed by atoms with Crippen molar-refractivity contribution in [2.45, 2.75) is 38.9 Å². The number of aromatic carboxylic acids is 1. The highest BCUT2D eigenvalue weighted by molar-refractivity contribution is 7.99. The Morgan fingerprint density at radius 3 is 2.62 bits per heavy atom. The Morgan fingerprint density at radius 2 is 2.00 bits per heavy atom.